The highest BCUT2D eigenvalue weighted by molar-refractivity contribution is 4.99. The molecule has 2 fully saturated rings. The summed E-state index contributed by atoms with van der Waals surface area (Å²) >= 11 is 0. The van der Waals surface area contributed by atoms with Gasteiger partial charge in [-0.05, 0) is 50.0 Å². The van der Waals surface area contributed by atoms with Crippen LogP contribution in [0, 0.1) is 17.8 Å². The molecule has 2 rings (SSSR count). The van der Waals surface area contributed by atoms with Gasteiger partial charge in [-0.3, -0.25) is 0 Å². The van der Waals surface area contributed by atoms with Crippen molar-refractivity contribution >= 4 is 0 Å². The molecular formula is C12H23N. The van der Waals surface area contributed by atoms with Crippen molar-refractivity contribution in [3.63, 3.8) is 0 Å². The minimum absolute atomic E-state index is 0.836. The number of fused-ring (bicyclic) bond motifs is 1. The maximum absolute atomic E-state index is 3.67. The highest BCUT2D eigenvalue weighted by atomic mass is 14.9. The fourth-order valence-electron chi connectivity index (χ4n) is 3.17. The van der Waals surface area contributed by atoms with E-state index in [2.05, 4.69) is 19.2 Å². The number of hydrogen-bond acceptors (Lipinski definition) is 1. The molecular weight excluding hydrogens is 158 g/mol. The van der Waals surface area contributed by atoms with E-state index in [0.717, 1.165) is 30.3 Å². The van der Waals surface area contributed by atoms with Crippen LogP contribution in [0.4, 0.5) is 0 Å². The average Bonchev–Trinajstić information content (AvgIpc) is 2.73. The Labute approximate surface area is 82.3 Å². The van der Waals surface area contributed by atoms with Crippen molar-refractivity contribution in [3.8, 4) is 0 Å². The molecule has 0 radical (unpaired) electrons. The van der Waals surface area contributed by atoms with E-state index < -0.39 is 0 Å². The van der Waals surface area contributed by atoms with Crippen LogP contribution in [0.2, 0.25) is 0 Å². The third-order valence-electron chi connectivity index (χ3n) is 3.92. The zero-order valence-corrected chi connectivity index (χ0v) is 9.05. The Morgan fingerprint density at radius 3 is 2.38 bits per heavy atom. The molecule has 1 nitrogen and oxygen atoms in total. The van der Waals surface area contributed by atoms with Crippen molar-refractivity contribution in [3.05, 3.63) is 0 Å². The first-order valence-corrected chi connectivity index (χ1v) is 6.08. The Bertz CT molecular complexity index is 151. The van der Waals surface area contributed by atoms with Crippen molar-refractivity contribution in [2.24, 2.45) is 17.8 Å². The molecule has 13 heavy (non-hydrogen) atoms. The Kier molecular flexibility index (Phi) is 2.92. The molecule has 0 amide bonds. The topological polar surface area (TPSA) is 12.0 Å². The Hall–Kier alpha value is -0.0400. The summed E-state index contributed by atoms with van der Waals surface area (Å²) < 4.78 is 0. The highest BCUT2D eigenvalue weighted by Gasteiger charge is 2.47. The minimum Gasteiger partial charge on any atom is -0.314 e. The van der Waals surface area contributed by atoms with Gasteiger partial charge in [0.25, 0.3) is 0 Å². The molecule has 0 aromatic heterocycles. The molecule has 0 aromatic rings. The van der Waals surface area contributed by atoms with Gasteiger partial charge in [-0.1, -0.05) is 20.3 Å². The molecule has 1 heteroatoms. The first-order chi connectivity index (χ1) is 6.35. The van der Waals surface area contributed by atoms with E-state index >= 15 is 0 Å². The number of hydrogen-bond donors (Lipinski definition) is 1. The van der Waals surface area contributed by atoms with Gasteiger partial charge in [-0.25, -0.2) is 0 Å². The second-order valence-corrected chi connectivity index (χ2v) is 4.94. The van der Waals surface area contributed by atoms with Gasteiger partial charge in [-0.15, -0.1) is 0 Å². The van der Waals surface area contributed by atoms with Gasteiger partial charge >= 0.3 is 0 Å². The van der Waals surface area contributed by atoms with Crippen molar-refractivity contribution in [1.82, 2.24) is 5.32 Å². The quantitative estimate of drug-likeness (QED) is 0.687. The van der Waals surface area contributed by atoms with Crippen LogP contribution >= 0.6 is 0 Å². The third kappa shape index (κ3) is 2.07. The summed E-state index contributed by atoms with van der Waals surface area (Å²) in [6, 6.07) is 0.836. The molecule has 3 atom stereocenters. The molecule has 0 spiro atoms. The Balaban J connectivity index is 1.80. The summed E-state index contributed by atoms with van der Waals surface area (Å²) in [5.41, 5.74) is 0. The summed E-state index contributed by atoms with van der Waals surface area (Å²) in [6.07, 6.45) is 7.34. The molecule has 0 aliphatic heterocycles. The second kappa shape index (κ2) is 4.00. The van der Waals surface area contributed by atoms with E-state index in [0.29, 0.717) is 0 Å². The maximum Gasteiger partial charge on any atom is 0.00953 e. The normalized spacial score (nSPS) is 38.8. The van der Waals surface area contributed by atoms with Crippen LogP contribution in [0.25, 0.3) is 0 Å². The molecule has 2 aliphatic rings. The highest BCUT2D eigenvalue weighted by Crippen LogP contribution is 2.55. The second-order valence-electron chi connectivity index (χ2n) is 4.94. The SMILES string of the molecule is CCCC(NCC)C1CC2CC2C1. The molecule has 76 valence electrons. The lowest BCUT2D eigenvalue weighted by Crippen LogP contribution is -2.35. The molecule has 0 bridgehead atoms. The largest absolute Gasteiger partial charge is 0.314 e. The smallest absolute Gasteiger partial charge is 0.00953 e. The molecule has 1 N–H and O–H groups in total. The van der Waals surface area contributed by atoms with E-state index in [-0.39, 0.29) is 0 Å². The van der Waals surface area contributed by atoms with E-state index in [1.165, 1.54) is 25.7 Å². The summed E-state index contributed by atoms with van der Waals surface area (Å²) in [6.45, 7) is 5.69. The predicted molar refractivity (Wildman–Crippen MR) is 56.7 cm³/mol. The molecule has 0 saturated heterocycles. The van der Waals surface area contributed by atoms with Crippen LogP contribution in [0.15, 0.2) is 0 Å². The zero-order valence-electron chi connectivity index (χ0n) is 9.05. The standard InChI is InChI=1S/C12H23N/c1-3-5-12(13-4-2)11-7-9-6-10(9)8-11/h9-13H,3-8H2,1-2H3. The van der Waals surface area contributed by atoms with Crippen LogP contribution in [0.5, 0.6) is 0 Å². The summed E-state index contributed by atoms with van der Waals surface area (Å²) in [5, 5.41) is 3.67. The summed E-state index contributed by atoms with van der Waals surface area (Å²) in [7, 11) is 0. The summed E-state index contributed by atoms with van der Waals surface area (Å²) in [5.74, 6) is 3.30. The van der Waals surface area contributed by atoms with Gasteiger partial charge in [0.1, 0.15) is 0 Å². The monoisotopic (exact) mass is 181 g/mol. The van der Waals surface area contributed by atoms with Gasteiger partial charge < -0.3 is 5.32 Å². The number of rotatable bonds is 5. The van der Waals surface area contributed by atoms with E-state index in [1.54, 1.807) is 6.42 Å². The lowest BCUT2D eigenvalue weighted by Gasteiger charge is -2.25. The van der Waals surface area contributed by atoms with Gasteiger partial charge in [0.05, 0.1) is 0 Å². The van der Waals surface area contributed by atoms with E-state index in [1.807, 2.05) is 0 Å². The Morgan fingerprint density at radius 1 is 1.15 bits per heavy atom. The van der Waals surface area contributed by atoms with Crippen molar-refractivity contribution < 1.29 is 0 Å². The molecule has 2 saturated carbocycles. The summed E-state index contributed by atoms with van der Waals surface area (Å²) in [4.78, 5) is 0. The van der Waals surface area contributed by atoms with Crippen LogP contribution in [-0.4, -0.2) is 12.6 Å². The fourth-order valence-corrected chi connectivity index (χ4v) is 3.17. The van der Waals surface area contributed by atoms with Crippen LogP contribution in [0.1, 0.15) is 46.0 Å². The lowest BCUT2D eigenvalue weighted by molar-refractivity contribution is 0.321. The number of nitrogens with one attached hydrogen (secondary N) is 1. The molecule has 2 aliphatic carbocycles. The maximum atomic E-state index is 3.67. The molecule has 3 unspecified atom stereocenters. The van der Waals surface area contributed by atoms with E-state index in [9.17, 15) is 0 Å². The Morgan fingerprint density at radius 2 is 1.85 bits per heavy atom. The molecule has 0 aromatic carbocycles. The van der Waals surface area contributed by atoms with Gasteiger partial charge in [0.15, 0.2) is 0 Å². The minimum atomic E-state index is 0.836. The lowest BCUT2D eigenvalue weighted by atomic mass is 9.91. The van der Waals surface area contributed by atoms with Crippen molar-refractivity contribution in [1.29, 1.82) is 0 Å². The van der Waals surface area contributed by atoms with E-state index in [4.69, 9.17) is 0 Å². The van der Waals surface area contributed by atoms with Crippen molar-refractivity contribution in [2.75, 3.05) is 6.54 Å². The zero-order chi connectivity index (χ0) is 9.26. The molecule has 0 heterocycles. The fraction of sp³-hybridized carbons (Fsp3) is 1.00. The van der Waals surface area contributed by atoms with Gasteiger partial charge in [0, 0.05) is 6.04 Å². The first-order valence-electron chi connectivity index (χ1n) is 6.08. The third-order valence-corrected chi connectivity index (χ3v) is 3.92. The van der Waals surface area contributed by atoms with Crippen LogP contribution < -0.4 is 5.32 Å². The predicted octanol–water partition coefficient (Wildman–Crippen LogP) is 2.81. The van der Waals surface area contributed by atoms with Crippen LogP contribution in [-0.2, 0) is 0 Å². The van der Waals surface area contributed by atoms with Crippen LogP contribution in [0.3, 0.4) is 0 Å². The first kappa shape index (κ1) is 9.51. The van der Waals surface area contributed by atoms with Gasteiger partial charge in [-0.2, -0.15) is 0 Å². The van der Waals surface area contributed by atoms with Gasteiger partial charge in [0.2, 0.25) is 0 Å². The van der Waals surface area contributed by atoms with Crippen molar-refractivity contribution in [2.45, 2.75) is 52.0 Å². The average molecular weight is 181 g/mol.